The van der Waals surface area contributed by atoms with Crippen LogP contribution >= 0.6 is 0 Å². The number of carbonyl (C=O) groups is 1. The van der Waals surface area contributed by atoms with Crippen molar-refractivity contribution in [3.63, 3.8) is 0 Å². The summed E-state index contributed by atoms with van der Waals surface area (Å²) in [6.07, 6.45) is 1.87. The van der Waals surface area contributed by atoms with Crippen LogP contribution < -0.4 is 5.32 Å². The summed E-state index contributed by atoms with van der Waals surface area (Å²) in [5.41, 5.74) is 0.567. The molecule has 0 bridgehead atoms. The summed E-state index contributed by atoms with van der Waals surface area (Å²) in [7, 11) is 0. The monoisotopic (exact) mass is 322 g/mol. The van der Waals surface area contributed by atoms with Gasteiger partial charge in [0.2, 0.25) is 0 Å². The fourth-order valence-electron chi connectivity index (χ4n) is 3.45. The highest BCUT2D eigenvalue weighted by atomic mass is 16.5. The summed E-state index contributed by atoms with van der Waals surface area (Å²) in [5.74, 6) is 1.39. The number of piperidine rings is 1. The summed E-state index contributed by atoms with van der Waals surface area (Å²) in [6, 6.07) is 2.00. The first-order chi connectivity index (χ1) is 11.0. The number of aliphatic hydroxyl groups is 1. The summed E-state index contributed by atoms with van der Waals surface area (Å²) in [5, 5.41) is 12.6. The largest absolute Gasteiger partial charge is 0.466 e. The van der Waals surface area contributed by atoms with Crippen molar-refractivity contribution in [3.05, 3.63) is 23.2 Å². The molecule has 0 unspecified atom stereocenters. The Morgan fingerprint density at radius 2 is 2.09 bits per heavy atom. The predicted molar refractivity (Wildman–Crippen MR) is 85.4 cm³/mol. The minimum atomic E-state index is -0.0679. The third-order valence-electron chi connectivity index (χ3n) is 4.92. The first kappa shape index (κ1) is 16.5. The Hall–Kier alpha value is -1.37. The van der Waals surface area contributed by atoms with E-state index in [1.165, 1.54) is 0 Å². The van der Waals surface area contributed by atoms with E-state index in [2.05, 4.69) is 10.2 Å². The Morgan fingerprint density at radius 3 is 2.57 bits per heavy atom. The zero-order chi connectivity index (χ0) is 16.4. The van der Waals surface area contributed by atoms with Crippen LogP contribution in [0.15, 0.2) is 10.5 Å². The van der Waals surface area contributed by atoms with Crippen LogP contribution in [0.25, 0.3) is 0 Å². The van der Waals surface area contributed by atoms with E-state index in [9.17, 15) is 9.90 Å². The predicted octanol–water partition coefficient (Wildman–Crippen LogP) is 1.10. The number of hydrogen-bond donors (Lipinski definition) is 2. The normalized spacial score (nSPS) is 21.9. The van der Waals surface area contributed by atoms with Gasteiger partial charge in [-0.25, -0.2) is 0 Å². The molecule has 3 heterocycles. The second-order valence-electron chi connectivity index (χ2n) is 7.00. The number of carbonyl (C=O) groups excluding carboxylic acids is 1. The molecule has 0 atom stereocenters. The molecule has 0 aliphatic carbocycles. The smallest absolute Gasteiger partial charge is 0.255 e. The molecule has 0 spiro atoms. The Kier molecular flexibility index (Phi) is 4.75. The third-order valence-corrected chi connectivity index (χ3v) is 4.92. The minimum Gasteiger partial charge on any atom is -0.466 e. The molecule has 2 fully saturated rings. The van der Waals surface area contributed by atoms with Gasteiger partial charge in [0.05, 0.1) is 30.8 Å². The van der Waals surface area contributed by atoms with E-state index in [0.29, 0.717) is 24.5 Å². The molecule has 0 radical (unpaired) electrons. The molecule has 6 nitrogen and oxygen atoms in total. The van der Waals surface area contributed by atoms with Crippen molar-refractivity contribution in [1.82, 2.24) is 10.2 Å². The van der Waals surface area contributed by atoms with E-state index in [0.717, 1.165) is 38.2 Å². The highest BCUT2D eigenvalue weighted by molar-refractivity contribution is 5.95. The molecule has 6 heteroatoms. The van der Waals surface area contributed by atoms with Gasteiger partial charge in [-0.15, -0.1) is 0 Å². The lowest BCUT2D eigenvalue weighted by atomic mass is 9.85. The molecule has 1 aromatic heterocycles. The van der Waals surface area contributed by atoms with Crippen molar-refractivity contribution >= 4 is 5.91 Å². The number of ether oxygens (including phenoxy) is 1. The molecule has 1 aromatic rings. The molecule has 0 saturated carbocycles. The van der Waals surface area contributed by atoms with E-state index in [4.69, 9.17) is 9.15 Å². The standard InChI is InChI=1S/C17H26N2O4/c1-12-7-15(13(2)23-12)16(21)18-14-3-5-19(6-4-14)8-17(9-20)10-22-11-17/h7,14,20H,3-6,8-11H2,1-2H3,(H,18,21). The molecule has 0 aromatic carbocycles. The fraction of sp³-hybridized carbons (Fsp3) is 0.706. The van der Waals surface area contributed by atoms with Gasteiger partial charge in [-0.2, -0.15) is 0 Å². The highest BCUT2D eigenvalue weighted by Crippen LogP contribution is 2.29. The summed E-state index contributed by atoms with van der Waals surface area (Å²) >= 11 is 0. The van der Waals surface area contributed by atoms with Crippen molar-refractivity contribution in [2.75, 3.05) is 39.5 Å². The zero-order valence-corrected chi connectivity index (χ0v) is 13.9. The van der Waals surface area contributed by atoms with Crippen molar-refractivity contribution in [2.45, 2.75) is 32.7 Å². The van der Waals surface area contributed by atoms with Crippen LogP contribution in [0.2, 0.25) is 0 Å². The lowest BCUT2D eigenvalue weighted by Gasteiger charge is -2.45. The fourth-order valence-corrected chi connectivity index (χ4v) is 3.45. The summed E-state index contributed by atoms with van der Waals surface area (Å²) in [4.78, 5) is 14.7. The molecule has 3 rings (SSSR count). The highest BCUT2D eigenvalue weighted by Gasteiger charge is 2.40. The number of likely N-dealkylation sites (tertiary alicyclic amines) is 1. The number of furan rings is 1. The van der Waals surface area contributed by atoms with Gasteiger partial charge < -0.3 is 24.5 Å². The number of nitrogens with one attached hydrogen (secondary N) is 1. The molecule has 1 amide bonds. The van der Waals surface area contributed by atoms with Crippen LogP contribution in [-0.4, -0.2) is 61.4 Å². The quantitative estimate of drug-likeness (QED) is 0.849. The number of hydrogen-bond acceptors (Lipinski definition) is 5. The first-order valence-electron chi connectivity index (χ1n) is 8.30. The molecule has 128 valence electrons. The minimum absolute atomic E-state index is 0.0444. The van der Waals surface area contributed by atoms with E-state index in [1.807, 2.05) is 13.8 Å². The molecule has 2 aliphatic heterocycles. The van der Waals surface area contributed by atoms with Gasteiger partial charge in [0.25, 0.3) is 5.91 Å². The number of aryl methyl sites for hydroxylation is 2. The Morgan fingerprint density at radius 1 is 1.39 bits per heavy atom. The number of amides is 1. The average Bonchev–Trinajstić information content (AvgIpc) is 2.83. The van der Waals surface area contributed by atoms with Crippen LogP contribution in [0.5, 0.6) is 0 Å². The maximum atomic E-state index is 12.3. The van der Waals surface area contributed by atoms with Gasteiger partial charge in [0, 0.05) is 25.7 Å². The van der Waals surface area contributed by atoms with Crippen LogP contribution in [-0.2, 0) is 4.74 Å². The number of aliphatic hydroxyl groups excluding tert-OH is 1. The number of rotatable bonds is 5. The van der Waals surface area contributed by atoms with Crippen molar-refractivity contribution in [2.24, 2.45) is 5.41 Å². The Bertz CT molecular complexity index is 551. The second-order valence-corrected chi connectivity index (χ2v) is 7.00. The van der Waals surface area contributed by atoms with E-state index < -0.39 is 0 Å². The molecular weight excluding hydrogens is 296 g/mol. The van der Waals surface area contributed by atoms with Crippen LogP contribution in [0.1, 0.15) is 34.7 Å². The Balaban J connectivity index is 1.47. The Labute approximate surface area is 136 Å². The first-order valence-corrected chi connectivity index (χ1v) is 8.30. The lowest BCUT2D eigenvalue weighted by Crippen LogP contribution is -2.55. The van der Waals surface area contributed by atoms with Gasteiger partial charge in [-0.3, -0.25) is 4.79 Å². The maximum absolute atomic E-state index is 12.3. The lowest BCUT2D eigenvalue weighted by molar-refractivity contribution is -0.149. The molecular formula is C17H26N2O4. The summed E-state index contributed by atoms with van der Waals surface area (Å²) in [6.45, 7) is 7.92. The van der Waals surface area contributed by atoms with Gasteiger partial charge in [-0.1, -0.05) is 0 Å². The SMILES string of the molecule is Cc1cc(C(=O)NC2CCN(CC3(CO)COC3)CC2)c(C)o1. The van der Waals surface area contributed by atoms with E-state index in [1.54, 1.807) is 6.07 Å². The molecule has 2 aliphatic rings. The van der Waals surface area contributed by atoms with Gasteiger partial charge in [0.1, 0.15) is 11.5 Å². The van der Waals surface area contributed by atoms with Gasteiger partial charge >= 0.3 is 0 Å². The van der Waals surface area contributed by atoms with E-state index >= 15 is 0 Å². The molecule has 2 N–H and O–H groups in total. The molecule has 2 saturated heterocycles. The van der Waals surface area contributed by atoms with Gasteiger partial charge in [0.15, 0.2) is 0 Å². The summed E-state index contributed by atoms with van der Waals surface area (Å²) < 4.78 is 10.7. The third kappa shape index (κ3) is 3.59. The van der Waals surface area contributed by atoms with Crippen molar-refractivity contribution in [1.29, 1.82) is 0 Å². The van der Waals surface area contributed by atoms with Crippen LogP contribution in [0.4, 0.5) is 0 Å². The van der Waals surface area contributed by atoms with Gasteiger partial charge in [-0.05, 0) is 32.8 Å². The second kappa shape index (κ2) is 6.63. The van der Waals surface area contributed by atoms with Crippen LogP contribution in [0, 0.1) is 19.3 Å². The average molecular weight is 322 g/mol. The molecule has 23 heavy (non-hydrogen) atoms. The number of nitrogens with zero attached hydrogens (tertiary/aromatic N) is 1. The van der Waals surface area contributed by atoms with Crippen LogP contribution in [0.3, 0.4) is 0 Å². The zero-order valence-electron chi connectivity index (χ0n) is 13.9. The van der Waals surface area contributed by atoms with Crippen molar-refractivity contribution < 1.29 is 19.1 Å². The topological polar surface area (TPSA) is 74.9 Å². The maximum Gasteiger partial charge on any atom is 0.255 e. The van der Waals surface area contributed by atoms with E-state index in [-0.39, 0.29) is 24.0 Å². The van der Waals surface area contributed by atoms with Crippen molar-refractivity contribution in [3.8, 4) is 0 Å².